The van der Waals surface area contributed by atoms with Crippen molar-refractivity contribution in [2.45, 2.75) is 45.6 Å². The Morgan fingerprint density at radius 3 is 2.30 bits per heavy atom. The first-order valence-corrected chi connectivity index (χ1v) is 9.84. The fourth-order valence-electron chi connectivity index (χ4n) is 2.86. The smallest absolute Gasteiger partial charge is 0.328 e. The summed E-state index contributed by atoms with van der Waals surface area (Å²) in [6, 6.07) is 5.17. The molecule has 1 rings (SSSR count). The van der Waals surface area contributed by atoms with Gasteiger partial charge in [0, 0.05) is 17.7 Å². The van der Waals surface area contributed by atoms with Crippen LogP contribution in [0, 0.1) is 11.8 Å². The second-order valence-electron chi connectivity index (χ2n) is 6.92. The van der Waals surface area contributed by atoms with Gasteiger partial charge in [-0.15, -0.1) is 0 Å². The van der Waals surface area contributed by atoms with E-state index in [2.05, 4.69) is 0 Å². The number of carbonyl (C=O) groups is 2. The average Bonchev–Trinajstić information content (AvgIpc) is 2.72. The summed E-state index contributed by atoms with van der Waals surface area (Å²) in [5, 5.41) is 35.4. The zero-order chi connectivity index (χ0) is 23.1. The Bertz CT molecular complexity index is 671. The molecule has 0 aliphatic carbocycles. The molecule has 1 aromatic rings. The molecule has 0 saturated heterocycles. The van der Waals surface area contributed by atoms with Crippen molar-refractivity contribution in [3.05, 3.63) is 29.8 Å². The fraction of sp³-hybridized carbons (Fsp3) is 0.545. The molecule has 8 heteroatoms. The lowest BCUT2D eigenvalue weighted by Gasteiger charge is -2.21. The van der Waals surface area contributed by atoms with Crippen LogP contribution in [0.4, 0.5) is 0 Å². The molecule has 170 valence electrons. The first-order chi connectivity index (χ1) is 14.2. The number of aliphatic hydroxyl groups is 2. The molecule has 0 bridgehead atoms. The van der Waals surface area contributed by atoms with Crippen molar-refractivity contribution < 1.29 is 39.5 Å². The summed E-state index contributed by atoms with van der Waals surface area (Å²) in [6.45, 7) is 3.53. The van der Waals surface area contributed by atoms with Gasteiger partial charge in [-0.05, 0) is 37.0 Å². The SMILES string of the molecule is CCCCC(C(=O)O)C(C)CC(O)CO.COc1ccc(C=CC(=O)O)c(OC)c1. The van der Waals surface area contributed by atoms with Crippen LogP contribution in [0.25, 0.3) is 6.08 Å². The zero-order valence-electron chi connectivity index (χ0n) is 18.1. The van der Waals surface area contributed by atoms with Gasteiger partial charge in [-0.3, -0.25) is 4.79 Å². The van der Waals surface area contributed by atoms with Gasteiger partial charge in [0.2, 0.25) is 0 Å². The fourth-order valence-corrected chi connectivity index (χ4v) is 2.86. The predicted molar refractivity (Wildman–Crippen MR) is 114 cm³/mol. The molecule has 0 fully saturated rings. The molecular weight excluding hydrogens is 392 g/mol. The van der Waals surface area contributed by atoms with Crippen LogP contribution >= 0.6 is 0 Å². The quantitative estimate of drug-likeness (QED) is 0.375. The van der Waals surface area contributed by atoms with Crippen molar-refractivity contribution in [3.8, 4) is 11.5 Å². The van der Waals surface area contributed by atoms with E-state index >= 15 is 0 Å². The summed E-state index contributed by atoms with van der Waals surface area (Å²) in [5.41, 5.74) is 0.695. The molecule has 0 aliphatic heterocycles. The summed E-state index contributed by atoms with van der Waals surface area (Å²) in [7, 11) is 3.08. The van der Waals surface area contributed by atoms with E-state index in [1.54, 1.807) is 25.3 Å². The maximum absolute atomic E-state index is 11.0. The van der Waals surface area contributed by atoms with E-state index in [4.69, 9.17) is 24.8 Å². The van der Waals surface area contributed by atoms with Crippen LogP contribution < -0.4 is 9.47 Å². The Morgan fingerprint density at radius 1 is 1.17 bits per heavy atom. The molecule has 0 heterocycles. The molecule has 3 unspecified atom stereocenters. The molecule has 8 nitrogen and oxygen atoms in total. The number of benzene rings is 1. The van der Waals surface area contributed by atoms with E-state index in [-0.39, 0.29) is 12.5 Å². The molecule has 30 heavy (non-hydrogen) atoms. The Kier molecular flexibility index (Phi) is 14.0. The van der Waals surface area contributed by atoms with Crippen molar-refractivity contribution in [1.29, 1.82) is 0 Å². The molecule has 0 aliphatic rings. The Labute approximate surface area is 177 Å². The second-order valence-corrected chi connectivity index (χ2v) is 6.92. The van der Waals surface area contributed by atoms with Crippen LogP contribution in [0.1, 0.15) is 45.1 Å². The van der Waals surface area contributed by atoms with Crippen molar-refractivity contribution >= 4 is 18.0 Å². The van der Waals surface area contributed by atoms with Crippen LogP contribution in [0.5, 0.6) is 11.5 Å². The maximum Gasteiger partial charge on any atom is 0.328 e. The number of rotatable bonds is 12. The lowest BCUT2D eigenvalue weighted by atomic mass is 9.85. The first kappa shape index (κ1) is 27.4. The monoisotopic (exact) mass is 426 g/mol. The minimum Gasteiger partial charge on any atom is -0.497 e. The third kappa shape index (κ3) is 10.8. The molecule has 0 spiro atoms. The summed E-state index contributed by atoms with van der Waals surface area (Å²) < 4.78 is 10.1. The van der Waals surface area contributed by atoms with Gasteiger partial charge in [-0.1, -0.05) is 26.7 Å². The second kappa shape index (κ2) is 15.3. The molecule has 0 aromatic heterocycles. The van der Waals surface area contributed by atoms with E-state index in [0.717, 1.165) is 18.9 Å². The van der Waals surface area contributed by atoms with Gasteiger partial charge in [-0.2, -0.15) is 0 Å². The highest BCUT2D eigenvalue weighted by Crippen LogP contribution is 2.25. The summed E-state index contributed by atoms with van der Waals surface area (Å²) >= 11 is 0. The predicted octanol–water partition coefficient (Wildman–Crippen LogP) is 3.06. The molecule has 1 aromatic carbocycles. The largest absolute Gasteiger partial charge is 0.497 e. The van der Waals surface area contributed by atoms with E-state index in [9.17, 15) is 14.7 Å². The number of hydrogen-bond acceptors (Lipinski definition) is 6. The molecule has 3 atom stereocenters. The lowest BCUT2D eigenvalue weighted by Crippen LogP contribution is -2.26. The van der Waals surface area contributed by atoms with Crippen LogP contribution in [0.2, 0.25) is 0 Å². The maximum atomic E-state index is 11.0. The normalized spacial score (nSPS) is 13.7. The molecule has 0 amide bonds. The number of methoxy groups -OCH3 is 2. The molecule has 0 radical (unpaired) electrons. The zero-order valence-corrected chi connectivity index (χ0v) is 18.1. The van der Waals surface area contributed by atoms with Crippen LogP contribution in [0.15, 0.2) is 24.3 Å². The van der Waals surface area contributed by atoms with Gasteiger partial charge < -0.3 is 29.9 Å². The molecular formula is C22H34O8. The van der Waals surface area contributed by atoms with Crippen LogP contribution in [-0.4, -0.2) is 59.3 Å². The van der Waals surface area contributed by atoms with E-state index in [0.29, 0.717) is 29.9 Å². The highest BCUT2D eigenvalue weighted by atomic mass is 16.5. The summed E-state index contributed by atoms with van der Waals surface area (Å²) in [5.74, 6) is -1.07. The van der Waals surface area contributed by atoms with Gasteiger partial charge in [-0.25, -0.2) is 4.79 Å². The van der Waals surface area contributed by atoms with Crippen LogP contribution in [0.3, 0.4) is 0 Å². The van der Waals surface area contributed by atoms with Gasteiger partial charge in [0.25, 0.3) is 0 Å². The topological polar surface area (TPSA) is 134 Å². The van der Waals surface area contributed by atoms with Gasteiger partial charge in [0.1, 0.15) is 11.5 Å². The minimum absolute atomic E-state index is 0.101. The third-order valence-corrected chi connectivity index (χ3v) is 4.57. The van der Waals surface area contributed by atoms with E-state index < -0.39 is 24.0 Å². The van der Waals surface area contributed by atoms with Gasteiger partial charge >= 0.3 is 11.9 Å². The Morgan fingerprint density at radius 2 is 1.83 bits per heavy atom. The summed E-state index contributed by atoms with van der Waals surface area (Å²) in [6.07, 6.45) is 4.58. The average molecular weight is 427 g/mol. The molecule has 4 N–H and O–H groups in total. The lowest BCUT2D eigenvalue weighted by molar-refractivity contribution is -0.144. The van der Waals surface area contributed by atoms with Crippen molar-refractivity contribution in [2.75, 3.05) is 20.8 Å². The number of carboxylic acid groups (broad SMARTS) is 2. The Hall–Kier alpha value is -2.58. The van der Waals surface area contributed by atoms with Crippen molar-refractivity contribution in [2.24, 2.45) is 11.8 Å². The number of unbranched alkanes of at least 4 members (excludes halogenated alkanes) is 1. The third-order valence-electron chi connectivity index (χ3n) is 4.57. The van der Waals surface area contributed by atoms with Crippen molar-refractivity contribution in [3.63, 3.8) is 0 Å². The summed E-state index contributed by atoms with van der Waals surface area (Å²) in [4.78, 5) is 21.3. The minimum atomic E-state index is -0.993. The number of carboxylic acids is 2. The Balaban J connectivity index is 0.000000561. The van der Waals surface area contributed by atoms with Crippen molar-refractivity contribution in [1.82, 2.24) is 0 Å². The highest BCUT2D eigenvalue weighted by molar-refractivity contribution is 5.86. The van der Waals surface area contributed by atoms with E-state index in [1.807, 2.05) is 13.8 Å². The number of aliphatic carboxylic acids is 2. The number of hydrogen-bond donors (Lipinski definition) is 4. The highest BCUT2D eigenvalue weighted by Gasteiger charge is 2.25. The standard InChI is InChI=1S/C11H12O4.C11H22O4/c1-14-9-5-3-8(4-6-11(12)13)10(7-9)15-2;1-3-4-5-10(11(14)15)8(2)6-9(13)7-12/h3-7H,1-2H3,(H,12,13);8-10,12-13H,3-7H2,1-2H3,(H,14,15). The first-order valence-electron chi connectivity index (χ1n) is 9.84. The van der Waals surface area contributed by atoms with E-state index in [1.165, 1.54) is 13.2 Å². The number of aliphatic hydroxyl groups excluding tert-OH is 2. The molecule has 0 saturated carbocycles. The van der Waals surface area contributed by atoms with Gasteiger partial charge in [0.15, 0.2) is 0 Å². The van der Waals surface area contributed by atoms with Gasteiger partial charge in [0.05, 0.1) is 32.8 Å². The number of ether oxygens (including phenoxy) is 2. The van der Waals surface area contributed by atoms with Crippen LogP contribution in [-0.2, 0) is 9.59 Å².